The molecule has 1 aliphatic heterocycles. The molecule has 3 atom stereocenters. The van der Waals surface area contributed by atoms with Crippen LogP contribution < -0.4 is 0 Å². The van der Waals surface area contributed by atoms with Crippen LogP contribution >= 0.6 is 0 Å². The van der Waals surface area contributed by atoms with E-state index in [0.29, 0.717) is 18.4 Å². The monoisotopic (exact) mass is 256 g/mol. The Morgan fingerprint density at radius 2 is 2.17 bits per heavy atom. The van der Waals surface area contributed by atoms with Gasteiger partial charge in [-0.1, -0.05) is 19.9 Å². The fourth-order valence-corrected chi connectivity index (χ4v) is 2.00. The highest BCUT2D eigenvalue weighted by Crippen LogP contribution is 2.31. The summed E-state index contributed by atoms with van der Waals surface area (Å²) in [5, 5.41) is 0. The van der Waals surface area contributed by atoms with E-state index in [2.05, 4.69) is 18.6 Å². The van der Waals surface area contributed by atoms with E-state index >= 15 is 0 Å². The Hall–Kier alpha value is -0.870. The number of hydrogen-bond donors (Lipinski definition) is 0. The lowest BCUT2D eigenvalue weighted by Gasteiger charge is -2.25. The molecule has 0 amide bonds. The van der Waals surface area contributed by atoms with Crippen molar-refractivity contribution in [2.45, 2.75) is 46.0 Å². The molecule has 0 spiro atoms. The topological polar surface area (TPSA) is 44.8 Å². The van der Waals surface area contributed by atoms with Crippen LogP contribution in [0.1, 0.15) is 34.1 Å². The maximum Gasteiger partial charge on any atom is 0.330 e. The standard InChI is InChI=1S/C14H24O4/c1-10(7-6-8-13(15)16-5)11(2)12-9-17-14(3,4)18-12/h6,8,10-12H,7,9H2,1-5H3/b8-6+/t10-,11+,12+/m0/s1. The van der Waals surface area contributed by atoms with E-state index in [1.54, 1.807) is 0 Å². The Bertz CT molecular complexity index is 309. The fourth-order valence-electron chi connectivity index (χ4n) is 2.00. The van der Waals surface area contributed by atoms with E-state index in [-0.39, 0.29) is 12.1 Å². The molecule has 1 fully saturated rings. The molecule has 0 radical (unpaired) electrons. The number of rotatable bonds is 5. The zero-order chi connectivity index (χ0) is 13.8. The van der Waals surface area contributed by atoms with Gasteiger partial charge in [0.25, 0.3) is 0 Å². The second-order valence-electron chi connectivity index (χ2n) is 5.36. The van der Waals surface area contributed by atoms with Gasteiger partial charge < -0.3 is 14.2 Å². The van der Waals surface area contributed by atoms with E-state index in [9.17, 15) is 4.79 Å². The first-order valence-corrected chi connectivity index (χ1v) is 6.42. The van der Waals surface area contributed by atoms with Crippen molar-refractivity contribution in [3.8, 4) is 0 Å². The van der Waals surface area contributed by atoms with Crippen LogP contribution in [0.2, 0.25) is 0 Å². The molecule has 0 N–H and O–H groups in total. The third-order valence-corrected chi connectivity index (χ3v) is 3.48. The highest BCUT2D eigenvalue weighted by molar-refractivity contribution is 5.81. The molecule has 4 nitrogen and oxygen atoms in total. The molecular formula is C14H24O4. The molecule has 1 saturated heterocycles. The summed E-state index contributed by atoms with van der Waals surface area (Å²) >= 11 is 0. The van der Waals surface area contributed by atoms with Crippen LogP contribution in [0.15, 0.2) is 12.2 Å². The van der Waals surface area contributed by atoms with E-state index in [4.69, 9.17) is 9.47 Å². The number of hydrogen-bond acceptors (Lipinski definition) is 4. The summed E-state index contributed by atoms with van der Waals surface area (Å²) in [6.07, 6.45) is 4.28. The number of methoxy groups -OCH3 is 1. The Kier molecular flexibility index (Phi) is 5.35. The van der Waals surface area contributed by atoms with Gasteiger partial charge in [-0.3, -0.25) is 0 Å². The van der Waals surface area contributed by atoms with Gasteiger partial charge in [0, 0.05) is 6.08 Å². The van der Waals surface area contributed by atoms with Gasteiger partial charge in [-0.05, 0) is 32.1 Å². The molecule has 0 unspecified atom stereocenters. The molecule has 0 aromatic carbocycles. The third-order valence-electron chi connectivity index (χ3n) is 3.48. The third kappa shape index (κ3) is 4.42. The summed E-state index contributed by atoms with van der Waals surface area (Å²) in [4.78, 5) is 11.0. The average molecular weight is 256 g/mol. The molecule has 4 heteroatoms. The van der Waals surface area contributed by atoms with Crippen LogP contribution in [0.4, 0.5) is 0 Å². The second kappa shape index (κ2) is 6.34. The van der Waals surface area contributed by atoms with Crippen LogP contribution in [0.3, 0.4) is 0 Å². The van der Waals surface area contributed by atoms with E-state index < -0.39 is 5.79 Å². The largest absolute Gasteiger partial charge is 0.466 e. The first-order valence-electron chi connectivity index (χ1n) is 6.42. The van der Waals surface area contributed by atoms with E-state index in [1.165, 1.54) is 13.2 Å². The van der Waals surface area contributed by atoms with Crippen molar-refractivity contribution in [3.05, 3.63) is 12.2 Å². The van der Waals surface area contributed by atoms with Gasteiger partial charge in [0.1, 0.15) is 0 Å². The van der Waals surface area contributed by atoms with Crippen molar-refractivity contribution in [2.24, 2.45) is 11.8 Å². The summed E-state index contributed by atoms with van der Waals surface area (Å²) in [6.45, 7) is 8.81. The quantitative estimate of drug-likeness (QED) is 0.560. The lowest BCUT2D eigenvalue weighted by molar-refractivity contribution is -0.145. The Balaban J connectivity index is 2.40. The highest BCUT2D eigenvalue weighted by atomic mass is 16.7. The van der Waals surface area contributed by atoms with Crippen molar-refractivity contribution >= 4 is 5.97 Å². The van der Waals surface area contributed by atoms with Crippen molar-refractivity contribution in [1.82, 2.24) is 0 Å². The van der Waals surface area contributed by atoms with Gasteiger partial charge in [-0.25, -0.2) is 4.79 Å². The molecule has 104 valence electrons. The van der Waals surface area contributed by atoms with Gasteiger partial charge >= 0.3 is 5.97 Å². The first-order chi connectivity index (χ1) is 8.35. The molecule has 1 heterocycles. The smallest absolute Gasteiger partial charge is 0.330 e. The number of carbonyl (C=O) groups is 1. The predicted molar refractivity (Wildman–Crippen MR) is 69.0 cm³/mol. The van der Waals surface area contributed by atoms with Crippen molar-refractivity contribution in [1.29, 1.82) is 0 Å². The molecule has 0 aromatic heterocycles. The lowest BCUT2D eigenvalue weighted by Crippen LogP contribution is -2.28. The van der Waals surface area contributed by atoms with Crippen LogP contribution in [-0.4, -0.2) is 31.6 Å². The molecule has 1 aliphatic rings. The number of carbonyl (C=O) groups excluding carboxylic acids is 1. The highest BCUT2D eigenvalue weighted by Gasteiger charge is 2.36. The van der Waals surface area contributed by atoms with Gasteiger partial charge in [0.05, 0.1) is 19.8 Å². The van der Waals surface area contributed by atoms with Gasteiger partial charge in [-0.15, -0.1) is 0 Å². The Labute approximate surface area is 109 Å². The number of allylic oxidation sites excluding steroid dienone is 1. The van der Waals surface area contributed by atoms with Gasteiger partial charge in [0.15, 0.2) is 5.79 Å². The minimum atomic E-state index is -0.472. The molecule has 0 saturated carbocycles. The summed E-state index contributed by atoms with van der Waals surface area (Å²) in [5.41, 5.74) is 0. The fraction of sp³-hybridized carbons (Fsp3) is 0.786. The van der Waals surface area contributed by atoms with Crippen LogP contribution in [-0.2, 0) is 19.0 Å². The molecular weight excluding hydrogens is 232 g/mol. The molecule has 0 aromatic rings. The molecule has 18 heavy (non-hydrogen) atoms. The zero-order valence-electron chi connectivity index (χ0n) is 11.9. The Morgan fingerprint density at radius 1 is 1.50 bits per heavy atom. The van der Waals surface area contributed by atoms with Crippen molar-refractivity contribution in [2.75, 3.05) is 13.7 Å². The minimum absolute atomic E-state index is 0.126. The molecule has 1 rings (SSSR count). The zero-order valence-corrected chi connectivity index (χ0v) is 11.9. The summed E-state index contributed by atoms with van der Waals surface area (Å²) < 4.78 is 16.0. The number of ether oxygens (including phenoxy) is 3. The van der Waals surface area contributed by atoms with Crippen LogP contribution in [0.5, 0.6) is 0 Å². The van der Waals surface area contributed by atoms with Crippen LogP contribution in [0, 0.1) is 11.8 Å². The first kappa shape index (κ1) is 15.2. The second-order valence-corrected chi connectivity index (χ2v) is 5.36. The van der Waals surface area contributed by atoms with E-state index in [1.807, 2.05) is 19.9 Å². The Morgan fingerprint density at radius 3 is 2.67 bits per heavy atom. The van der Waals surface area contributed by atoms with Crippen LogP contribution in [0.25, 0.3) is 0 Å². The maximum absolute atomic E-state index is 11.0. The molecule has 0 aliphatic carbocycles. The summed E-state index contributed by atoms with van der Waals surface area (Å²) in [5.74, 6) is 0.0273. The van der Waals surface area contributed by atoms with Gasteiger partial charge in [0.2, 0.25) is 0 Å². The average Bonchev–Trinajstić information content (AvgIpc) is 2.68. The maximum atomic E-state index is 11.0. The summed E-state index contributed by atoms with van der Waals surface area (Å²) in [6, 6.07) is 0. The van der Waals surface area contributed by atoms with Gasteiger partial charge in [-0.2, -0.15) is 0 Å². The lowest BCUT2D eigenvalue weighted by atomic mass is 9.88. The van der Waals surface area contributed by atoms with E-state index in [0.717, 1.165) is 6.42 Å². The molecule has 0 bridgehead atoms. The van der Waals surface area contributed by atoms with Crippen molar-refractivity contribution in [3.63, 3.8) is 0 Å². The van der Waals surface area contributed by atoms with Crippen molar-refractivity contribution < 1.29 is 19.0 Å². The summed E-state index contributed by atoms with van der Waals surface area (Å²) in [7, 11) is 1.38. The minimum Gasteiger partial charge on any atom is -0.466 e. The predicted octanol–water partition coefficient (Wildman–Crippen LogP) is 2.53. The number of esters is 1. The normalized spacial score (nSPS) is 26.2. The SMILES string of the molecule is COC(=O)/C=C/C[C@H](C)[C@@H](C)[C@H]1COC(C)(C)O1.